The van der Waals surface area contributed by atoms with E-state index in [0.29, 0.717) is 6.04 Å². The van der Waals surface area contributed by atoms with Crippen molar-refractivity contribution in [2.24, 2.45) is 5.92 Å². The van der Waals surface area contributed by atoms with Gasteiger partial charge in [0, 0.05) is 6.04 Å². The Hall–Kier alpha value is -0.890. The molecule has 14 heavy (non-hydrogen) atoms. The van der Waals surface area contributed by atoms with Crippen LogP contribution in [0.1, 0.15) is 18.4 Å². The summed E-state index contributed by atoms with van der Waals surface area (Å²) >= 11 is 0. The van der Waals surface area contributed by atoms with Crippen LogP contribution in [0.5, 0.6) is 0 Å². The Balaban J connectivity index is 1.98. The molecule has 0 heterocycles. The second kappa shape index (κ2) is 4.09. The summed E-state index contributed by atoms with van der Waals surface area (Å²) in [6.45, 7) is 0. The second-order valence-electron chi connectivity index (χ2n) is 4.06. The minimum atomic E-state index is -0.152. The zero-order valence-corrected chi connectivity index (χ0v) is 8.46. The summed E-state index contributed by atoms with van der Waals surface area (Å²) in [5.74, 6) is 0.686. The molecule has 1 saturated carbocycles. The van der Waals surface area contributed by atoms with Gasteiger partial charge in [-0.1, -0.05) is 12.1 Å². The van der Waals surface area contributed by atoms with Gasteiger partial charge >= 0.3 is 0 Å². The van der Waals surface area contributed by atoms with Gasteiger partial charge in [-0.3, -0.25) is 0 Å². The van der Waals surface area contributed by atoms with Crippen molar-refractivity contribution < 1.29 is 4.39 Å². The molecule has 1 aromatic rings. The van der Waals surface area contributed by atoms with Crippen LogP contribution in [-0.2, 0) is 6.42 Å². The maximum Gasteiger partial charge on any atom is 0.123 e. The molecule has 1 atom stereocenters. The average molecular weight is 193 g/mol. The van der Waals surface area contributed by atoms with E-state index in [4.69, 9.17) is 0 Å². The molecule has 0 bridgehead atoms. The molecule has 1 nitrogen and oxygen atoms in total. The van der Waals surface area contributed by atoms with E-state index < -0.39 is 0 Å². The van der Waals surface area contributed by atoms with Gasteiger partial charge < -0.3 is 5.32 Å². The first-order valence-corrected chi connectivity index (χ1v) is 5.21. The quantitative estimate of drug-likeness (QED) is 0.774. The molecule has 1 aliphatic rings. The highest BCUT2D eigenvalue weighted by Crippen LogP contribution is 2.33. The molecule has 1 fully saturated rings. The number of hydrogen-bond donors (Lipinski definition) is 1. The maximum absolute atomic E-state index is 12.7. The van der Waals surface area contributed by atoms with Crippen LogP contribution in [0, 0.1) is 11.7 Å². The van der Waals surface area contributed by atoms with Gasteiger partial charge in [0.25, 0.3) is 0 Å². The molecule has 1 N–H and O–H groups in total. The monoisotopic (exact) mass is 193 g/mol. The zero-order chi connectivity index (χ0) is 9.97. The highest BCUT2D eigenvalue weighted by Gasteiger charge is 2.29. The van der Waals surface area contributed by atoms with Gasteiger partial charge in [0.2, 0.25) is 0 Å². The normalized spacial score (nSPS) is 18.1. The van der Waals surface area contributed by atoms with Crippen LogP contribution in [0.3, 0.4) is 0 Å². The van der Waals surface area contributed by atoms with Gasteiger partial charge in [-0.05, 0) is 49.9 Å². The van der Waals surface area contributed by atoms with E-state index in [1.165, 1.54) is 30.5 Å². The van der Waals surface area contributed by atoms with Crippen molar-refractivity contribution in [1.29, 1.82) is 0 Å². The Kier molecular flexibility index (Phi) is 2.82. The van der Waals surface area contributed by atoms with Gasteiger partial charge in [0.15, 0.2) is 0 Å². The first-order valence-electron chi connectivity index (χ1n) is 5.21. The lowest BCUT2D eigenvalue weighted by Gasteiger charge is -2.14. The van der Waals surface area contributed by atoms with E-state index >= 15 is 0 Å². The minimum absolute atomic E-state index is 0.152. The highest BCUT2D eigenvalue weighted by molar-refractivity contribution is 5.17. The zero-order valence-electron chi connectivity index (χ0n) is 8.46. The lowest BCUT2D eigenvalue weighted by atomic mass is 10.0. The lowest BCUT2D eigenvalue weighted by Crippen LogP contribution is -2.29. The Morgan fingerprint density at radius 2 is 2.00 bits per heavy atom. The van der Waals surface area contributed by atoms with Gasteiger partial charge in [0.05, 0.1) is 0 Å². The Morgan fingerprint density at radius 3 is 2.50 bits per heavy atom. The number of benzene rings is 1. The standard InChI is InChI=1S/C12H16FN/c1-14-12(10-4-5-10)8-9-2-6-11(13)7-3-9/h2-3,6-7,10,12,14H,4-5,8H2,1H3. The fraction of sp³-hybridized carbons (Fsp3) is 0.500. The predicted molar refractivity (Wildman–Crippen MR) is 55.7 cm³/mol. The average Bonchev–Trinajstić information content (AvgIpc) is 3.01. The summed E-state index contributed by atoms with van der Waals surface area (Å²) in [5, 5.41) is 3.33. The van der Waals surface area contributed by atoms with Crippen LogP contribution < -0.4 is 5.32 Å². The molecule has 1 unspecified atom stereocenters. The number of rotatable bonds is 4. The molecule has 0 radical (unpaired) electrons. The summed E-state index contributed by atoms with van der Waals surface area (Å²) in [7, 11) is 2.01. The van der Waals surface area contributed by atoms with Crippen molar-refractivity contribution >= 4 is 0 Å². The van der Waals surface area contributed by atoms with Crippen molar-refractivity contribution in [3.63, 3.8) is 0 Å². The molecule has 76 valence electrons. The number of hydrogen-bond acceptors (Lipinski definition) is 1. The highest BCUT2D eigenvalue weighted by atomic mass is 19.1. The summed E-state index contributed by atoms with van der Waals surface area (Å²) < 4.78 is 12.7. The van der Waals surface area contributed by atoms with E-state index in [1.807, 2.05) is 19.2 Å². The van der Waals surface area contributed by atoms with Crippen molar-refractivity contribution in [2.45, 2.75) is 25.3 Å². The van der Waals surface area contributed by atoms with E-state index in [1.54, 1.807) is 0 Å². The maximum atomic E-state index is 12.7. The summed E-state index contributed by atoms with van der Waals surface area (Å²) in [6.07, 6.45) is 3.70. The molecule has 0 spiro atoms. The summed E-state index contributed by atoms with van der Waals surface area (Å²) in [4.78, 5) is 0. The van der Waals surface area contributed by atoms with Crippen LogP contribution in [-0.4, -0.2) is 13.1 Å². The molecule has 1 aliphatic carbocycles. The fourth-order valence-corrected chi connectivity index (χ4v) is 1.88. The summed E-state index contributed by atoms with van der Waals surface area (Å²) in [5.41, 5.74) is 1.22. The molecule has 2 rings (SSSR count). The smallest absolute Gasteiger partial charge is 0.123 e. The SMILES string of the molecule is CNC(Cc1ccc(F)cc1)C1CC1. The Labute approximate surface area is 84.3 Å². The van der Waals surface area contributed by atoms with E-state index in [-0.39, 0.29) is 5.82 Å². The largest absolute Gasteiger partial charge is 0.316 e. The summed E-state index contributed by atoms with van der Waals surface area (Å²) in [6, 6.07) is 7.40. The predicted octanol–water partition coefficient (Wildman–Crippen LogP) is 2.37. The number of nitrogens with one attached hydrogen (secondary N) is 1. The number of halogens is 1. The first kappa shape index (κ1) is 9.66. The van der Waals surface area contributed by atoms with Crippen LogP contribution in [0.4, 0.5) is 4.39 Å². The molecule has 2 heteroatoms. The van der Waals surface area contributed by atoms with Crippen LogP contribution in [0.15, 0.2) is 24.3 Å². The first-order chi connectivity index (χ1) is 6.79. The topological polar surface area (TPSA) is 12.0 Å². The van der Waals surface area contributed by atoms with Gasteiger partial charge in [-0.2, -0.15) is 0 Å². The molecule has 0 aromatic heterocycles. The van der Waals surface area contributed by atoms with Crippen molar-refractivity contribution in [1.82, 2.24) is 5.32 Å². The van der Waals surface area contributed by atoms with Crippen LogP contribution in [0.25, 0.3) is 0 Å². The van der Waals surface area contributed by atoms with Gasteiger partial charge in [-0.15, -0.1) is 0 Å². The molecule has 0 aliphatic heterocycles. The Bertz CT molecular complexity index is 290. The molecule has 0 saturated heterocycles. The van der Waals surface area contributed by atoms with Crippen LogP contribution in [0.2, 0.25) is 0 Å². The third-order valence-corrected chi connectivity index (χ3v) is 2.93. The van der Waals surface area contributed by atoms with E-state index in [0.717, 1.165) is 12.3 Å². The molecule has 1 aromatic carbocycles. The Morgan fingerprint density at radius 1 is 1.36 bits per heavy atom. The van der Waals surface area contributed by atoms with Crippen molar-refractivity contribution in [2.75, 3.05) is 7.05 Å². The third kappa shape index (κ3) is 2.32. The van der Waals surface area contributed by atoms with E-state index in [9.17, 15) is 4.39 Å². The van der Waals surface area contributed by atoms with Crippen LogP contribution >= 0.6 is 0 Å². The number of likely N-dealkylation sites (N-methyl/N-ethyl adjacent to an activating group) is 1. The molecular weight excluding hydrogens is 177 g/mol. The van der Waals surface area contributed by atoms with E-state index in [2.05, 4.69) is 5.32 Å². The molecular formula is C12H16FN. The van der Waals surface area contributed by atoms with Gasteiger partial charge in [0.1, 0.15) is 5.82 Å². The van der Waals surface area contributed by atoms with Crippen molar-refractivity contribution in [3.8, 4) is 0 Å². The minimum Gasteiger partial charge on any atom is -0.316 e. The fourth-order valence-electron chi connectivity index (χ4n) is 1.88. The molecule has 0 amide bonds. The second-order valence-corrected chi connectivity index (χ2v) is 4.06. The van der Waals surface area contributed by atoms with Gasteiger partial charge in [-0.25, -0.2) is 4.39 Å². The lowest BCUT2D eigenvalue weighted by molar-refractivity contribution is 0.500. The third-order valence-electron chi connectivity index (χ3n) is 2.93. The van der Waals surface area contributed by atoms with Crippen molar-refractivity contribution in [3.05, 3.63) is 35.6 Å².